The van der Waals surface area contributed by atoms with Gasteiger partial charge in [-0.15, -0.1) is 0 Å². The second kappa shape index (κ2) is 13.9. The van der Waals surface area contributed by atoms with E-state index < -0.39 is 0 Å². The molecular formula is C36H40N2O5. The maximum atomic E-state index is 12.8. The molecule has 43 heavy (non-hydrogen) atoms. The van der Waals surface area contributed by atoms with E-state index in [1.54, 1.807) is 0 Å². The van der Waals surface area contributed by atoms with Crippen molar-refractivity contribution in [1.29, 1.82) is 0 Å². The smallest absolute Gasteiger partial charge is 0.222 e. The van der Waals surface area contributed by atoms with Gasteiger partial charge in [-0.2, -0.15) is 0 Å². The summed E-state index contributed by atoms with van der Waals surface area (Å²) in [6.45, 7) is 5.87. The molecule has 4 aromatic rings. The van der Waals surface area contributed by atoms with Gasteiger partial charge in [0.1, 0.15) is 36.6 Å². The van der Waals surface area contributed by atoms with Crippen LogP contribution in [-0.4, -0.2) is 48.2 Å². The molecule has 224 valence electrons. The quantitative estimate of drug-likeness (QED) is 0.204. The SMILES string of the molecule is Cc1c(COc2cccc(OC3CCN(C(=O)CC4CCOCC4)CC3)c2)nc2ccccc2c1OCc1ccccc1. The molecule has 0 bridgehead atoms. The van der Waals surface area contributed by atoms with E-state index in [9.17, 15) is 4.79 Å². The van der Waals surface area contributed by atoms with Crippen molar-refractivity contribution in [2.75, 3.05) is 26.3 Å². The largest absolute Gasteiger partial charge is 0.490 e. The topological polar surface area (TPSA) is 70.1 Å². The minimum Gasteiger partial charge on any atom is -0.490 e. The molecule has 0 atom stereocenters. The van der Waals surface area contributed by atoms with Crippen LogP contribution in [0.25, 0.3) is 10.9 Å². The molecule has 6 rings (SSSR count). The van der Waals surface area contributed by atoms with E-state index in [1.807, 2.05) is 78.6 Å². The first-order chi connectivity index (χ1) is 21.1. The van der Waals surface area contributed by atoms with E-state index in [2.05, 4.69) is 12.1 Å². The van der Waals surface area contributed by atoms with Gasteiger partial charge >= 0.3 is 0 Å². The van der Waals surface area contributed by atoms with Crippen molar-refractivity contribution in [3.8, 4) is 17.2 Å². The van der Waals surface area contributed by atoms with Crippen LogP contribution in [0.2, 0.25) is 0 Å². The van der Waals surface area contributed by atoms with E-state index >= 15 is 0 Å². The van der Waals surface area contributed by atoms with Gasteiger partial charge in [0.2, 0.25) is 5.91 Å². The van der Waals surface area contributed by atoms with Gasteiger partial charge in [-0.25, -0.2) is 4.98 Å². The summed E-state index contributed by atoms with van der Waals surface area (Å²) in [5.74, 6) is 3.07. The number of piperidine rings is 1. The average molecular weight is 581 g/mol. The molecule has 2 aliphatic heterocycles. The standard InChI is InChI=1S/C36H40N2O5/c1-26-34(37-33-13-6-5-12-32(33)36(26)42-24-28-8-3-2-4-9-28)25-41-30-10-7-11-31(23-30)43-29-14-18-38(19-15-29)35(39)22-27-16-20-40-21-17-27/h2-13,23,27,29H,14-22,24-25H2,1H3. The fourth-order valence-electron chi connectivity index (χ4n) is 5.91. The predicted octanol–water partition coefficient (Wildman–Crippen LogP) is 6.89. The molecule has 2 aliphatic rings. The lowest BCUT2D eigenvalue weighted by molar-refractivity contribution is -0.134. The third-order valence-corrected chi connectivity index (χ3v) is 8.49. The summed E-state index contributed by atoms with van der Waals surface area (Å²) in [5.41, 5.74) is 3.81. The van der Waals surface area contributed by atoms with E-state index in [-0.39, 0.29) is 12.0 Å². The van der Waals surface area contributed by atoms with Gasteiger partial charge in [0.25, 0.3) is 0 Å². The molecule has 2 saturated heterocycles. The molecule has 0 N–H and O–H groups in total. The third kappa shape index (κ3) is 7.46. The molecule has 1 aromatic heterocycles. The number of likely N-dealkylation sites (tertiary alicyclic amines) is 1. The monoisotopic (exact) mass is 580 g/mol. The van der Waals surface area contributed by atoms with E-state index in [0.29, 0.717) is 25.6 Å². The number of benzene rings is 3. The molecule has 3 aromatic carbocycles. The predicted molar refractivity (Wildman–Crippen MR) is 166 cm³/mol. The summed E-state index contributed by atoms with van der Waals surface area (Å²) in [6, 6.07) is 26.0. The molecule has 0 unspecified atom stereocenters. The summed E-state index contributed by atoms with van der Waals surface area (Å²) in [6.07, 6.45) is 4.36. The van der Waals surface area contributed by atoms with E-state index in [1.165, 1.54) is 0 Å². The highest BCUT2D eigenvalue weighted by Gasteiger charge is 2.26. The zero-order valence-electron chi connectivity index (χ0n) is 24.9. The van der Waals surface area contributed by atoms with E-state index in [0.717, 1.165) is 97.0 Å². The number of fused-ring (bicyclic) bond motifs is 1. The van der Waals surface area contributed by atoms with Crippen LogP contribution in [0.5, 0.6) is 17.2 Å². The lowest BCUT2D eigenvalue weighted by Gasteiger charge is -2.33. The highest BCUT2D eigenvalue weighted by atomic mass is 16.5. The summed E-state index contributed by atoms with van der Waals surface area (Å²) >= 11 is 0. The first-order valence-electron chi connectivity index (χ1n) is 15.4. The highest BCUT2D eigenvalue weighted by molar-refractivity contribution is 5.86. The number of para-hydroxylation sites is 1. The molecular weight excluding hydrogens is 540 g/mol. The zero-order valence-corrected chi connectivity index (χ0v) is 24.9. The first kappa shape index (κ1) is 29.0. The van der Waals surface area contributed by atoms with Crippen molar-refractivity contribution < 1.29 is 23.7 Å². The second-order valence-corrected chi connectivity index (χ2v) is 11.5. The fourth-order valence-corrected chi connectivity index (χ4v) is 5.91. The van der Waals surface area contributed by atoms with Crippen molar-refractivity contribution in [3.05, 3.63) is 95.7 Å². The number of amides is 1. The van der Waals surface area contributed by atoms with Crippen LogP contribution < -0.4 is 14.2 Å². The van der Waals surface area contributed by atoms with E-state index in [4.69, 9.17) is 23.9 Å². The van der Waals surface area contributed by atoms with Crippen LogP contribution in [0.3, 0.4) is 0 Å². The molecule has 0 spiro atoms. The number of hydrogen-bond acceptors (Lipinski definition) is 6. The molecule has 1 amide bonds. The van der Waals surface area contributed by atoms with Gasteiger partial charge in [-0.3, -0.25) is 4.79 Å². The van der Waals surface area contributed by atoms with Gasteiger partial charge in [0.05, 0.1) is 11.2 Å². The van der Waals surface area contributed by atoms with Crippen LogP contribution >= 0.6 is 0 Å². The van der Waals surface area contributed by atoms with Gasteiger partial charge < -0.3 is 23.8 Å². The lowest BCUT2D eigenvalue weighted by atomic mass is 9.95. The van der Waals surface area contributed by atoms with Gasteiger partial charge in [-0.1, -0.05) is 48.5 Å². The number of pyridine rings is 1. The Bertz CT molecular complexity index is 1510. The zero-order chi connectivity index (χ0) is 29.4. The van der Waals surface area contributed by atoms with Crippen molar-refractivity contribution in [3.63, 3.8) is 0 Å². The number of nitrogens with zero attached hydrogens (tertiary/aromatic N) is 2. The van der Waals surface area contributed by atoms with Gasteiger partial charge in [0.15, 0.2) is 0 Å². The molecule has 0 radical (unpaired) electrons. The maximum Gasteiger partial charge on any atom is 0.222 e. The summed E-state index contributed by atoms with van der Waals surface area (Å²) < 4.78 is 24.3. The number of ether oxygens (including phenoxy) is 4. The summed E-state index contributed by atoms with van der Waals surface area (Å²) in [7, 11) is 0. The summed E-state index contributed by atoms with van der Waals surface area (Å²) in [5, 5.41) is 0.992. The Morgan fingerprint density at radius 3 is 2.42 bits per heavy atom. The Balaban J connectivity index is 1.05. The molecule has 3 heterocycles. The minimum absolute atomic E-state index is 0.0797. The van der Waals surface area contributed by atoms with Crippen LogP contribution in [-0.2, 0) is 22.7 Å². The van der Waals surface area contributed by atoms with Crippen molar-refractivity contribution in [2.45, 2.75) is 58.3 Å². The Labute approximate surface area is 253 Å². The number of carbonyl (C=O) groups is 1. The van der Waals surface area contributed by atoms with Crippen LogP contribution in [0.1, 0.15) is 48.9 Å². The molecule has 2 fully saturated rings. The minimum atomic E-state index is 0.0797. The molecule has 7 heteroatoms. The Morgan fingerprint density at radius 2 is 1.60 bits per heavy atom. The fraction of sp³-hybridized carbons (Fsp3) is 0.389. The van der Waals surface area contributed by atoms with Crippen LogP contribution in [0, 0.1) is 12.8 Å². The third-order valence-electron chi connectivity index (χ3n) is 8.49. The Morgan fingerprint density at radius 1 is 0.860 bits per heavy atom. The number of rotatable bonds is 10. The van der Waals surface area contributed by atoms with Crippen molar-refractivity contribution in [2.24, 2.45) is 5.92 Å². The molecule has 0 aliphatic carbocycles. The number of aromatic nitrogens is 1. The van der Waals surface area contributed by atoms with Gasteiger partial charge in [0, 0.05) is 62.6 Å². The average Bonchev–Trinajstić information content (AvgIpc) is 3.05. The Hall–Kier alpha value is -4.10. The van der Waals surface area contributed by atoms with Crippen molar-refractivity contribution in [1.82, 2.24) is 9.88 Å². The molecule has 0 saturated carbocycles. The van der Waals surface area contributed by atoms with Crippen LogP contribution in [0.15, 0.2) is 78.9 Å². The second-order valence-electron chi connectivity index (χ2n) is 11.5. The lowest BCUT2D eigenvalue weighted by Crippen LogP contribution is -2.42. The van der Waals surface area contributed by atoms with Gasteiger partial charge in [-0.05, 0) is 55.5 Å². The Kier molecular flexibility index (Phi) is 9.38. The van der Waals surface area contributed by atoms with Crippen LogP contribution in [0.4, 0.5) is 0 Å². The number of carbonyl (C=O) groups excluding carboxylic acids is 1. The molecule has 7 nitrogen and oxygen atoms in total. The normalized spacial score (nSPS) is 16.3. The maximum absolute atomic E-state index is 12.8. The highest BCUT2D eigenvalue weighted by Crippen LogP contribution is 2.32. The number of hydrogen-bond donors (Lipinski definition) is 0. The summed E-state index contributed by atoms with van der Waals surface area (Å²) in [4.78, 5) is 19.7. The first-order valence-corrected chi connectivity index (χ1v) is 15.4. The van der Waals surface area contributed by atoms with Crippen molar-refractivity contribution >= 4 is 16.8 Å².